The molecule has 1 aromatic rings. The second-order valence-corrected chi connectivity index (χ2v) is 4.45. The third-order valence-corrected chi connectivity index (χ3v) is 2.99. The van der Waals surface area contributed by atoms with Crippen molar-refractivity contribution in [3.05, 3.63) is 17.8 Å². The Labute approximate surface area is 125 Å². The Morgan fingerprint density at radius 2 is 1.95 bits per heavy atom. The molecule has 0 aromatic carbocycles. The minimum absolute atomic E-state index is 0.300. The van der Waals surface area contributed by atoms with E-state index >= 15 is 0 Å². The number of nitrogen functional groups attached to an aromatic ring is 1. The molecule has 7 nitrogen and oxygen atoms in total. The van der Waals surface area contributed by atoms with Crippen LogP contribution in [0.25, 0.3) is 0 Å². The summed E-state index contributed by atoms with van der Waals surface area (Å²) in [5.41, 5.74) is 6.38. The molecule has 0 saturated heterocycles. The van der Waals surface area contributed by atoms with Gasteiger partial charge in [-0.3, -0.25) is 0 Å². The Morgan fingerprint density at radius 3 is 2.57 bits per heavy atom. The molecule has 0 aliphatic heterocycles. The molecule has 0 aliphatic rings. The Hall–Kier alpha value is -1.86. The minimum atomic E-state index is -0.472. The predicted molar refractivity (Wildman–Crippen MR) is 80.6 cm³/mol. The fourth-order valence-corrected chi connectivity index (χ4v) is 1.86. The molecular formula is C14H23N3O4. The van der Waals surface area contributed by atoms with Gasteiger partial charge in [-0.2, -0.15) is 0 Å². The van der Waals surface area contributed by atoms with Crippen molar-refractivity contribution >= 4 is 17.5 Å². The van der Waals surface area contributed by atoms with Gasteiger partial charge in [0, 0.05) is 33.9 Å². The summed E-state index contributed by atoms with van der Waals surface area (Å²) >= 11 is 0. The van der Waals surface area contributed by atoms with Crippen molar-refractivity contribution in [2.24, 2.45) is 0 Å². The second kappa shape index (κ2) is 9.15. The Bertz CT molecular complexity index is 454. The van der Waals surface area contributed by atoms with Gasteiger partial charge in [0.1, 0.15) is 5.82 Å². The largest absolute Gasteiger partial charge is 0.465 e. The SMILES string of the molecule is COCCCN(CCOC)c1cc(C(=O)OC)c(N)cn1. The highest BCUT2D eigenvalue weighted by atomic mass is 16.5. The van der Waals surface area contributed by atoms with Crippen molar-refractivity contribution in [3.63, 3.8) is 0 Å². The van der Waals surface area contributed by atoms with Crippen molar-refractivity contribution in [2.45, 2.75) is 6.42 Å². The zero-order valence-corrected chi connectivity index (χ0v) is 12.8. The van der Waals surface area contributed by atoms with Gasteiger partial charge in [0.15, 0.2) is 0 Å². The molecule has 1 aromatic heterocycles. The quantitative estimate of drug-likeness (QED) is 0.536. The van der Waals surface area contributed by atoms with E-state index < -0.39 is 5.97 Å². The molecule has 0 bridgehead atoms. The molecule has 2 N–H and O–H groups in total. The molecule has 0 aliphatic carbocycles. The van der Waals surface area contributed by atoms with E-state index in [2.05, 4.69) is 4.98 Å². The maximum atomic E-state index is 11.7. The number of pyridine rings is 1. The molecule has 0 spiro atoms. The zero-order valence-electron chi connectivity index (χ0n) is 12.8. The van der Waals surface area contributed by atoms with Gasteiger partial charge in [0.2, 0.25) is 0 Å². The summed E-state index contributed by atoms with van der Waals surface area (Å²) in [4.78, 5) is 18.0. The highest BCUT2D eigenvalue weighted by molar-refractivity contribution is 5.95. The van der Waals surface area contributed by atoms with Crippen LogP contribution in [0.2, 0.25) is 0 Å². The number of ether oxygens (including phenoxy) is 3. The lowest BCUT2D eigenvalue weighted by Gasteiger charge is -2.24. The van der Waals surface area contributed by atoms with Crippen LogP contribution < -0.4 is 10.6 Å². The Kier molecular flexibility index (Phi) is 7.49. The summed E-state index contributed by atoms with van der Waals surface area (Å²) in [6.07, 6.45) is 2.32. The molecule has 1 heterocycles. The van der Waals surface area contributed by atoms with Gasteiger partial charge in [-0.05, 0) is 12.5 Å². The molecule has 118 valence electrons. The highest BCUT2D eigenvalue weighted by Crippen LogP contribution is 2.19. The number of esters is 1. The third kappa shape index (κ3) is 5.20. The molecule has 0 radical (unpaired) electrons. The van der Waals surface area contributed by atoms with Gasteiger partial charge < -0.3 is 24.8 Å². The number of nitrogens with two attached hydrogens (primary N) is 1. The number of methoxy groups -OCH3 is 3. The van der Waals surface area contributed by atoms with Crippen molar-refractivity contribution in [1.82, 2.24) is 4.98 Å². The van der Waals surface area contributed by atoms with Gasteiger partial charge >= 0.3 is 5.97 Å². The number of anilines is 2. The van der Waals surface area contributed by atoms with E-state index in [1.807, 2.05) is 4.90 Å². The number of carbonyl (C=O) groups is 1. The maximum Gasteiger partial charge on any atom is 0.340 e. The first kappa shape index (κ1) is 17.2. The van der Waals surface area contributed by atoms with Crippen molar-refractivity contribution in [2.75, 3.05) is 58.3 Å². The van der Waals surface area contributed by atoms with Crippen LogP contribution in [0, 0.1) is 0 Å². The predicted octanol–water partition coefficient (Wildman–Crippen LogP) is 0.940. The van der Waals surface area contributed by atoms with E-state index in [4.69, 9.17) is 19.9 Å². The molecule has 0 fully saturated rings. The normalized spacial score (nSPS) is 10.4. The second-order valence-electron chi connectivity index (χ2n) is 4.45. The van der Waals surface area contributed by atoms with Gasteiger partial charge in [0.25, 0.3) is 0 Å². The summed E-state index contributed by atoms with van der Waals surface area (Å²) in [5.74, 6) is 0.192. The molecule has 0 unspecified atom stereocenters. The van der Waals surface area contributed by atoms with Crippen LogP contribution in [0.15, 0.2) is 12.3 Å². The average Bonchev–Trinajstić information content (AvgIpc) is 2.50. The fourth-order valence-electron chi connectivity index (χ4n) is 1.86. The third-order valence-electron chi connectivity index (χ3n) is 2.99. The molecule has 0 amide bonds. The smallest absolute Gasteiger partial charge is 0.340 e. The zero-order chi connectivity index (χ0) is 15.7. The average molecular weight is 297 g/mol. The number of carbonyl (C=O) groups excluding carboxylic acids is 1. The van der Waals surface area contributed by atoms with Crippen LogP contribution >= 0.6 is 0 Å². The van der Waals surface area contributed by atoms with Crippen LogP contribution in [0.1, 0.15) is 16.8 Å². The first-order chi connectivity index (χ1) is 10.1. The fraction of sp³-hybridized carbons (Fsp3) is 0.571. The summed E-state index contributed by atoms with van der Waals surface area (Å²) < 4.78 is 14.9. The first-order valence-corrected chi connectivity index (χ1v) is 6.70. The maximum absolute atomic E-state index is 11.7. The van der Waals surface area contributed by atoms with Crippen LogP contribution in [-0.2, 0) is 14.2 Å². The van der Waals surface area contributed by atoms with Crippen molar-refractivity contribution in [3.8, 4) is 0 Å². The van der Waals surface area contributed by atoms with E-state index in [0.29, 0.717) is 36.8 Å². The Morgan fingerprint density at radius 1 is 1.24 bits per heavy atom. The molecule has 0 saturated carbocycles. The number of nitrogens with zero attached hydrogens (tertiary/aromatic N) is 2. The van der Waals surface area contributed by atoms with Gasteiger partial charge in [-0.1, -0.05) is 0 Å². The van der Waals surface area contributed by atoms with E-state index in [1.54, 1.807) is 20.3 Å². The molecule has 21 heavy (non-hydrogen) atoms. The summed E-state index contributed by atoms with van der Waals surface area (Å²) in [5, 5.41) is 0. The molecule has 1 rings (SSSR count). The van der Waals surface area contributed by atoms with Gasteiger partial charge in [0.05, 0.1) is 31.2 Å². The Balaban J connectivity index is 2.92. The standard InChI is InChI=1S/C14H23N3O4/c1-19-7-4-5-17(6-8-20-2)13-9-11(14(18)21-3)12(15)10-16-13/h9-10H,4-8,15H2,1-3H3. The molecular weight excluding hydrogens is 274 g/mol. The summed E-state index contributed by atoms with van der Waals surface area (Å²) in [6, 6.07) is 1.64. The highest BCUT2D eigenvalue weighted by Gasteiger charge is 2.15. The van der Waals surface area contributed by atoms with Crippen LogP contribution in [0.4, 0.5) is 11.5 Å². The molecule has 7 heteroatoms. The van der Waals surface area contributed by atoms with Crippen molar-refractivity contribution in [1.29, 1.82) is 0 Å². The van der Waals surface area contributed by atoms with E-state index in [9.17, 15) is 4.79 Å². The number of hydrogen-bond donors (Lipinski definition) is 1. The number of aromatic nitrogens is 1. The van der Waals surface area contributed by atoms with E-state index in [0.717, 1.165) is 13.0 Å². The number of hydrogen-bond acceptors (Lipinski definition) is 7. The van der Waals surface area contributed by atoms with E-state index in [-0.39, 0.29) is 0 Å². The van der Waals surface area contributed by atoms with Crippen LogP contribution in [0.5, 0.6) is 0 Å². The van der Waals surface area contributed by atoms with Crippen LogP contribution in [0.3, 0.4) is 0 Å². The van der Waals surface area contributed by atoms with E-state index in [1.165, 1.54) is 13.3 Å². The lowest BCUT2D eigenvalue weighted by molar-refractivity contribution is 0.0602. The monoisotopic (exact) mass is 297 g/mol. The number of rotatable bonds is 9. The summed E-state index contributed by atoms with van der Waals surface area (Å²) in [7, 11) is 4.63. The lowest BCUT2D eigenvalue weighted by Crippen LogP contribution is -2.30. The van der Waals surface area contributed by atoms with Gasteiger partial charge in [-0.15, -0.1) is 0 Å². The van der Waals surface area contributed by atoms with Gasteiger partial charge in [-0.25, -0.2) is 9.78 Å². The first-order valence-electron chi connectivity index (χ1n) is 6.70. The lowest BCUT2D eigenvalue weighted by atomic mass is 10.2. The molecule has 0 atom stereocenters. The summed E-state index contributed by atoms with van der Waals surface area (Å²) in [6.45, 7) is 2.63. The van der Waals surface area contributed by atoms with Crippen molar-refractivity contribution < 1.29 is 19.0 Å². The topological polar surface area (TPSA) is 86.9 Å². The minimum Gasteiger partial charge on any atom is -0.465 e. The van der Waals surface area contributed by atoms with Crippen LogP contribution in [-0.4, -0.2) is 58.6 Å².